The minimum absolute atomic E-state index is 0.253. The SMILES string of the molecule is O=Cc1n[nH]c(C=O)c1-c1ccccc1. The fourth-order valence-corrected chi connectivity index (χ4v) is 1.45. The standard InChI is InChI=1S/C11H8N2O2/c14-6-9-11(10(7-15)13-12-9)8-4-2-1-3-5-8/h1-7H,(H,12,13). The summed E-state index contributed by atoms with van der Waals surface area (Å²) in [5, 5.41) is 6.28. The molecule has 1 aromatic heterocycles. The van der Waals surface area contributed by atoms with Gasteiger partial charge in [-0.2, -0.15) is 5.10 Å². The third-order valence-electron chi connectivity index (χ3n) is 2.11. The molecule has 0 aliphatic rings. The van der Waals surface area contributed by atoms with Crippen LogP contribution >= 0.6 is 0 Å². The molecule has 0 aliphatic heterocycles. The molecule has 2 aromatic rings. The monoisotopic (exact) mass is 200 g/mol. The zero-order valence-electron chi connectivity index (χ0n) is 7.81. The first kappa shape index (κ1) is 9.33. The van der Waals surface area contributed by atoms with Crippen molar-refractivity contribution >= 4 is 12.6 Å². The molecule has 0 bridgehead atoms. The maximum absolute atomic E-state index is 10.7. The average Bonchev–Trinajstić information content (AvgIpc) is 2.72. The Morgan fingerprint density at radius 3 is 2.40 bits per heavy atom. The van der Waals surface area contributed by atoms with Crippen molar-refractivity contribution < 1.29 is 9.59 Å². The number of aldehydes is 2. The third kappa shape index (κ3) is 1.57. The van der Waals surface area contributed by atoms with Gasteiger partial charge in [0.1, 0.15) is 11.4 Å². The summed E-state index contributed by atoms with van der Waals surface area (Å²) in [4.78, 5) is 21.5. The topological polar surface area (TPSA) is 62.8 Å². The van der Waals surface area contributed by atoms with Gasteiger partial charge in [0.2, 0.25) is 0 Å². The number of nitrogens with zero attached hydrogens (tertiary/aromatic N) is 1. The molecule has 0 amide bonds. The normalized spacial score (nSPS) is 9.87. The molecule has 15 heavy (non-hydrogen) atoms. The van der Waals surface area contributed by atoms with E-state index in [0.717, 1.165) is 5.56 Å². The van der Waals surface area contributed by atoms with Gasteiger partial charge in [0.05, 0.1) is 0 Å². The Morgan fingerprint density at radius 1 is 1.07 bits per heavy atom. The van der Waals surface area contributed by atoms with E-state index in [2.05, 4.69) is 10.2 Å². The van der Waals surface area contributed by atoms with Crippen LogP contribution in [0.3, 0.4) is 0 Å². The van der Waals surface area contributed by atoms with Gasteiger partial charge in [-0.05, 0) is 5.56 Å². The van der Waals surface area contributed by atoms with Crippen LogP contribution in [0.2, 0.25) is 0 Å². The molecule has 4 nitrogen and oxygen atoms in total. The molecule has 1 N–H and O–H groups in total. The highest BCUT2D eigenvalue weighted by Gasteiger charge is 2.13. The van der Waals surface area contributed by atoms with Crippen molar-refractivity contribution in [1.29, 1.82) is 0 Å². The molecule has 0 saturated carbocycles. The maximum Gasteiger partial charge on any atom is 0.170 e. The summed E-state index contributed by atoms with van der Waals surface area (Å²) < 4.78 is 0. The van der Waals surface area contributed by atoms with Crippen molar-refractivity contribution in [1.82, 2.24) is 10.2 Å². The lowest BCUT2D eigenvalue weighted by molar-refractivity contribution is 0.111. The van der Waals surface area contributed by atoms with Gasteiger partial charge < -0.3 is 0 Å². The Labute approximate surface area is 85.9 Å². The molecule has 74 valence electrons. The Hall–Kier alpha value is -2.23. The second kappa shape index (κ2) is 3.88. The van der Waals surface area contributed by atoms with Crippen molar-refractivity contribution in [2.24, 2.45) is 0 Å². The smallest absolute Gasteiger partial charge is 0.170 e. The molecule has 2 rings (SSSR count). The molecule has 0 fully saturated rings. The van der Waals surface area contributed by atoms with Crippen LogP contribution < -0.4 is 0 Å². The van der Waals surface area contributed by atoms with E-state index in [0.29, 0.717) is 23.8 Å². The first-order valence-electron chi connectivity index (χ1n) is 4.41. The van der Waals surface area contributed by atoms with Gasteiger partial charge >= 0.3 is 0 Å². The Morgan fingerprint density at radius 2 is 1.80 bits per heavy atom. The van der Waals surface area contributed by atoms with Crippen molar-refractivity contribution in [3.05, 3.63) is 41.7 Å². The summed E-state index contributed by atoms with van der Waals surface area (Å²) in [6, 6.07) is 9.19. The predicted octanol–water partition coefficient (Wildman–Crippen LogP) is 1.70. The molecule has 1 heterocycles. The van der Waals surface area contributed by atoms with E-state index in [4.69, 9.17) is 0 Å². The number of nitrogens with one attached hydrogen (secondary N) is 1. The highest BCUT2D eigenvalue weighted by Crippen LogP contribution is 2.23. The molecule has 0 saturated heterocycles. The first-order chi connectivity index (χ1) is 7.36. The van der Waals surface area contributed by atoms with E-state index in [-0.39, 0.29) is 5.69 Å². The highest BCUT2D eigenvalue weighted by atomic mass is 16.1. The van der Waals surface area contributed by atoms with Gasteiger partial charge in [-0.1, -0.05) is 30.3 Å². The highest BCUT2D eigenvalue weighted by molar-refractivity contribution is 5.94. The molecular weight excluding hydrogens is 192 g/mol. The average molecular weight is 200 g/mol. The number of hydrogen-bond acceptors (Lipinski definition) is 3. The van der Waals surface area contributed by atoms with Gasteiger partial charge in [0.25, 0.3) is 0 Å². The van der Waals surface area contributed by atoms with Crippen molar-refractivity contribution in [3.8, 4) is 11.1 Å². The Balaban J connectivity index is 2.64. The first-order valence-corrected chi connectivity index (χ1v) is 4.41. The second-order valence-corrected chi connectivity index (χ2v) is 3.00. The quantitative estimate of drug-likeness (QED) is 0.767. The number of aromatic nitrogens is 2. The zero-order valence-corrected chi connectivity index (χ0v) is 7.81. The molecule has 0 spiro atoms. The minimum atomic E-state index is 0.253. The number of benzene rings is 1. The molecule has 1 aromatic carbocycles. The fourth-order valence-electron chi connectivity index (χ4n) is 1.45. The van der Waals surface area contributed by atoms with Crippen LogP contribution in [0, 0.1) is 0 Å². The zero-order chi connectivity index (χ0) is 10.7. The van der Waals surface area contributed by atoms with Gasteiger partial charge in [-0.25, -0.2) is 0 Å². The van der Waals surface area contributed by atoms with Crippen LogP contribution in [0.15, 0.2) is 30.3 Å². The number of carbonyl (C=O) groups excluding carboxylic acids is 2. The molecule has 0 atom stereocenters. The predicted molar refractivity (Wildman–Crippen MR) is 54.8 cm³/mol. The lowest BCUT2D eigenvalue weighted by Gasteiger charge is -1.98. The second-order valence-electron chi connectivity index (χ2n) is 3.00. The number of rotatable bonds is 3. The summed E-state index contributed by atoms with van der Waals surface area (Å²) in [6.07, 6.45) is 1.29. The van der Waals surface area contributed by atoms with Crippen molar-refractivity contribution in [2.75, 3.05) is 0 Å². The van der Waals surface area contributed by atoms with Crippen LogP contribution in [-0.4, -0.2) is 22.8 Å². The van der Waals surface area contributed by atoms with Crippen LogP contribution in [0.4, 0.5) is 0 Å². The number of aromatic amines is 1. The Kier molecular flexibility index (Phi) is 2.41. The van der Waals surface area contributed by atoms with Crippen LogP contribution in [0.1, 0.15) is 21.0 Å². The van der Waals surface area contributed by atoms with Crippen LogP contribution in [-0.2, 0) is 0 Å². The van der Waals surface area contributed by atoms with Crippen LogP contribution in [0.25, 0.3) is 11.1 Å². The summed E-state index contributed by atoms with van der Waals surface area (Å²) in [5.74, 6) is 0. The van der Waals surface area contributed by atoms with Gasteiger partial charge in [0, 0.05) is 5.56 Å². The molecule has 0 unspecified atom stereocenters. The number of H-pyrrole nitrogens is 1. The number of hydrogen-bond donors (Lipinski definition) is 1. The maximum atomic E-state index is 10.7. The lowest BCUT2D eigenvalue weighted by Crippen LogP contribution is -1.87. The molecule has 0 aliphatic carbocycles. The van der Waals surface area contributed by atoms with E-state index in [1.807, 2.05) is 30.3 Å². The van der Waals surface area contributed by atoms with E-state index in [9.17, 15) is 9.59 Å². The van der Waals surface area contributed by atoms with E-state index >= 15 is 0 Å². The van der Waals surface area contributed by atoms with Crippen LogP contribution in [0.5, 0.6) is 0 Å². The Bertz CT molecular complexity index is 463. The van der Waals surface area contributed by atoms with E-state index in [1.54, 1.807) is 0 Å². The summed E-state index contributed by atoms with van der Waals surface area (Å²) in [6.45, 7) is 0. The van der Waals surface area contributed by atoms with Gasteiger partial charge in [-0.3, -0.25) is 14.7 Å². The van der Waals surface area contributed by atoms with E-state index < -0.39 is 0 Å². The van der Waals surface area contributed by atoms with Gasteiger partial charge in [-0.15, -0.1) is 0 Å². The van der Waals surface area contributed by atoms with Gasteiger partial charge in [0.15, 0.2) is 12.6 Å². The summed E-state index contributed by atoms with van der Waals surface area (Å²) in [7, 11) is 0. The molecule has 0 radical (unpaired) electrons. The fraction of sp³-hybridized carbons (Fsp3) is 0. The largest absolute Gasteiger partial charge is 0.296 e. The molecular formula is C11H8N2O2. The van der Waals surface area contributed by atoms with E-state index in [1.165, 1.54) is 0 Å². The van der Waals surface area contributed by atoms with Crippen molar-refractivity contribution in [3.63, 3.8) is 0 Å². The third-order valence-corrected chi connectivity index (χ3v) is 2.11. The molecule has 4 heteroatoms. The number of carbonyl (C=O) groups is 2. The van der Waals surface area contributed by atoms with Crippen molar-refractivity contribution in [2.45, 2.75) is 0 Å². The lowest BCUT2D eigenvalue weighted by atomic mass is 10.0. The summed E-state index contributed by atoms with van der Waals surface area (Å²) >= 11 is 0. The minimum Gasteiger partial charge on any atom is -0.296 e. The summed E-state index contributed by atoms with van der Waals surface area (Å²) in [5.41, 5.74) is 1.93.